The Bertz CT molecular complexity index is 237. The van der Waals surface area contributed by atoms with Crippen LogP contribution in [-0.2, 0) is 9.53 Å². The fourth-order valence-corrected chi connectivity index (χ4v) is 2.07. The second-order valence-electron chi connectivity index (χ2n) is 5.05. The highest BCUT2D eigenvalue weighted by Crippen LogP contribution is 2.23. The molecule has 0 saturated carbocycles. The first-order chi connectivity index (χ1) is 7.51. The maximum atomic E-state index is 12.0. The van der Waals surface area contributed by atoms with Crippen molar-refractivity contribution in [3.8, 4) is 0 Å². The lowest BCUT2D eigenvalue weighted by Crippen LogP contribution is -2.55. The summed E-state index contributed by atoms with van der Waals surface area (Å²) in [6, 6.07) is 0. The van der Waals surface area contributed by atoms with E-state index in [4.69, 9.17) is 16.3 Å². The maximum absolute atomic E-state index is 12.0. The average molecular weight is 248 g/mol. The van der Waals surface area contributed by atoms with Crippen LogP contribution in [0.5, 0.6) is 0 Å². The molecule has 0 aromatic rings. The lowest BCUT2D eigenvalue weighted by atomic mass is 9.89. The lowest BCUT2D eigenvalue weighted by Gasteiger charge is -2.37. The molecular weight excluding hydrogens is 226 g/mol. The van der Waals surface area contributed by atoms with Crippen LogP contribution in [0.15, 0.2) is 0 Å². The number of hydrogen-bond donors (Lipinski definition) is 1. The number of nitrogens with one attached hydrogen (secondary N) is 1. The van der Waals surface area contributed by atoms with E-state index in [9.17, 15) is 4.79 Å². The monoisotopic (exact) mass is 247 g/mol. The molecule has 1 aliphatic rings. The van der Waals surface area contributed by atoms with E-state index in [-0.39, 0.29) is 17.4 Å². The van der Waals surface area contributed by atoms with Gasteiger partial charge in [-0.2, -0.15) is 0 Å². The molecule has 3 nitrogen and oxygen atoms in total. The standard InChI is InChI=1S/C12H22ClNO2/c1-9(2)10(3)11(15)14-12(8-13)4-6-16-7-5-12/h9-10H,4-8H2,1-3H3,(H,14,15). The summed E-state index contributed by atoms with van der Waals surface area (Å²) >= 11 is 6.00. The van der Waals surface area contributed by atoms with Gasteiger partial charge in [-0.05, 0) is 18.8 Å². The number of halogens is 1. The summed E-state index contributed by atoms with van der Waals surface area (Å²) in [5.41, 5.74) is -0.250. The summed E-state index contributed by atoms with van der Waals surface area (Å²) in [7, 11) is 0. The molecule has 1 heterocycles. The highest BCUT2D eigenvalue weighted by Gasteiger charge is 2.34. The smallest absolute Gasteiger partial charge is 0.223 e. The summed E-state index contributed by atoms with van der Waals surface area (Å²) in [5.74, 6) is 0.958. The lowest BCUT2D eigenvalue weighted by molar-refractivity contribution is -0.128. The molecule has 1 rings (SSSR count). The van der Waals surface area contributed by atoms with E-state index in [0.717, 1.165) is 12.8 Å². The molecule has 16 heavy (non-hydrogen) atoms. The van der Waals surface area contributed by atoms with Gasteiger partial charge in [0.2, 0.25) is 5.91 Å². The van der Waals surface area contributed by atoms with Crippen molar-refractivity contribution in [1.82, 2.24) is 5.32 Å². The highest BCUT2D eigenvalue weighted by molar-refractivity contribution is 6.18. The SMILES string of the molecule is CC(C)C(C)C(=O)NC1(CCl)CCOCC1. The molecule has 0 bridgehead atoms. The Balaban J connectivity index is 2.58. The van der Waals surface area contributed by atoms with Crippen molar-refractivity contribution >= 4 is 17.5 Å². The van der Waals surface area contributed by atoms with Crippen LogP contribution in [0.25, 0.3) is 0 Å². The van der Waals surface area contributed by atoms with E-state index >= 15 is 0 Å². The first-order valence-corrected chi connectivity index (χ1v) is 6.50. The Morgan fingerprint density at radius 3 is 2.38 bits per heavy atom. The third-order valence-corrected chi connectivity index (χ3v) is 4.02. The van der Waals surface area contributed by atoms with Crippen molar-refractivity contribution in [1.29, 1.82) is 0 Å². The Morgan fingerprint density at radius 1 is 1.38 bits per heavy atom. The number of alkyl halides is 1. The van der Waals surface area contributed by atoms with Gasteiger partial charge >= 0.3 is 0 Å². The van der Waals surface area contributed by atoms with Crippen molar-refractivity contribution < 1.29 is 9.53 Å². The average Bonchev–Trinajstić information content (AvgIpc) is 2.29. The van der Waals surface area contributed by atoms with E-state index in [1.165, 1.54) is 0 Å². The number of rotatable bonds is 4. The van der Waals surface area contributed by atoms with Crippen LogP contribution in [0.3, 0.4) is 0 Å². The highest BCUT2D eigenvalue weighted by atomic mass is 35.5. The molecule has 1 atom stereocenters. The predicted molar refractivity (Wildman–Crippen MR) is 65.6 cm³/mol. The van der Waals surface area contributed by atoms with Crippen LogP contribution in [0, 0.1) is 11.8 Å². The number of hydrogen-bond acceptors (Lipinski definition) is 2. The number of carbonyl (C=O) groups is 1. The van der Waals surface area contributed by atoms with Crippen LogP contribution >= 0.6 is 11.6 Å². The van der Waals surface area contributed by atoms with E-state index < -0.39 is 0 Å². The van der Waals surface area contributed by atoms with Gasteiger partial charge in [0.25, 0.3) is 0 Å². The van der Waals surface area contributed by atoms with Gasteiger partial charge in [-0.25, -0.2) is 0 Å². The quantitative estimate of drug-likeness (QED) is 0.774. The topological polar surface area (TPSA) is 38.3 Å². The summed E-state index contributed by atoms with van der Waals surface area (Å²) in [4.78, 5) is 12.0. The molecule has 1 fully saturated rings. The molecule has 0 aliphatic carbocycles. The van der Waals surface area contributed by atoms with Crippen LogP contribution in [0.4, 0.5) is 0 Å². The minimum atomic E-state index is -0.250. The van der Waals surface area contributed by atoms with Gasteiger partial charge in [0, 0.05) is 25.0 Å². The molecule has 1 saturated heterocycles. The molecule has 1 aliphatic heterocycles. The normalized spacial score (nSPS) is 21.8. The molecule has 0 radical (unpaired) electrons. The molecule has 0 spiro atoms. The Hall–Kier alpha value is -0.280. The number of carbonyl (C=O) groups excluding carboxylic acids is 1. The van der Waals surface area contributed by atoms with Crippen LogP contribution < -0.4 is 5.32 Å². The second-order valence-corrected chi connectivity index (χ2v) is 5.32. The van der Waals surface area contributed by atoms with E-state index in [0.29, 0.717) is 25.0 Å². The Kier molecular flexibility index (Phi) is 5.06. The second kappa shape index (κ2) is 5.87. The van der Waals surface area contributed by atoms with Crippen molar-refractivity contribution in [2.75, 3.05) is 19.1 Å². The third-order valence-electron chi connectivity index (χ3n) is 3.51. The van der Waals surface area contributed by atoms with Gasteiger partial charge < -0.3 is 10.1 Å². The molecule has 4 heteroatoms. The molecule has 1 unspecified atom stereocenters. The van der Waals surface area contributed by atoms with Gasteiger partial charge in [0.05, 0.1) is 5.54 Å². The summed E-state index contributed by atoms with van der Waals surface area (Å²) in [5, 5.41) is 3.11. The van der Waals surface area contributed by atoms with E-state index in [2.05, 4.69) is 19.2 Å². The van der Waals surface area contributed by atoms with Gasteiger partial charge in [0.1, 0.15) is 0 Å². The molecule has 0 aromatic heterocycles. The molecule has 0 aromatic carbocycles. The zero-order valence-electron chi connectivity index (χ0n) is 10.4. The summed E-state index contributed by atoms with van der Waals surface area (Å²) in [6.45, 7) is 7.44. The van der Waals surface area contributed by atoms with Crippen LogP contribution in [-0.4, -0.2) is 30.5 Å². The Labute approximate surface area is 103 Å². The van der Waals surface area contributed by atoms with Crippen LogP contribution in [0.1, 0.15) is 33.6 Å². The fraction of sp³-hybridized carbons (Fsp3) is 0.917. The fourth-order valence-electron chi connectivity index (χ4n) is 1.73. The van der Waals surface area contributed by atoms with Gasteiger partial charge in [0.15, 0.2) is 0 Å². The Morgan fingerprint density at radius 2 is 1.94 bits per heavy atom. The zero-order valence-corrected chi connectivity index (χ0v) is 11.1. The molecule has 1 amide bonds. The van der Waals surface area contributed by atoms with Crippen molar-refractivity contribution in [3.63, 3.8) is 0 Å². The van der Waals surface area contributed by atoms with Crippen molar-refractivity contribution in [2.45, 2.75) is 39.2 Å². The summed E-state index contributed by atoms with van der Waals surface area (Å²) < 4.78 is 5.31. The minimum absolute atomic E-state index is 0.0305. The number of amides is 1. The van der Waals surface area contributed by atoms with Gasteiger partial charge in [-0.1, -0.05) is 20.8 Å². The molecule has 1 N–H and O–H groups in total. The van der Waals surface area contributed by atoms with Crippen LogP contribution in [0.2, 0.25) is 0 Å². The van der Waals surface area contributed by atoms with E-state index in [1.807, 2.05) is 6.92 Å². The largest absolute Gasteiger partial charge is 0.381 e. The third kappa shape index (κ3) is 3.36. The predicted octanol–water partition coefficient (Wildman–Crippen LogP) is 2.18. The van der Waals surface area contributed by atoms with Gasteiger partial charge in [-0.3, -0.25) is 4.79 Å². The summed E-state index contributed by atoms with van der Waals surface area (Å²) in [6.07, 6.45) is 1.63. The molecule has 94 valence electrons. The zero-order chi connectivity index (χ0) is 12.2. The van der Waals surface area contributed by atoms with E-state index in [1.54, 1.807) is 0 Å². The maximum Gasteiger partial charge on any atom is 0.223 e. The number of ether oxygens (including phenoxy) is 1. The molecular formula is C12H22ClNO2. The first kappa shape index (κ1) is 13.8. The van der Waals surface area contributed by atoms with Crippen molar-refractivity contribution in [3.05, 3.63) is 0 Å². The first-order valence-electron chi connectivity index (χ1n) is 5.96. The minimum Gasteiger partial charge on any atom is -0.381 e. The van der Waals surface area contributed by atoms with Gasteiger partial charge in [-0.15, -0.1) is 11.6 Å². The van der Waals surface area contributed by atoms with Crippen molar-refractivity contribution in [2.24, 2.45) is 11.8 Å².